The van der Waals surface area contributed by atoms with E-state index in [9.17, 15) is 0 Å². The van der Waals surface area contributed by atoms with Gasteiger partial charge in [-0.05, 0) is 43.1 Å². The molecule has 96 valence electrons. The third-order valence-electron chi connectivity index (χ3n) is 3.14. The summed E-state index contributed by atoms with van der Waals surface area (Å²) in [4.78, 5) is 0. The van der Waals surface area contributed by atoms with Crippen LogP contribution in [0.3, 0.4) is 0 Å². The van der Waals surface area contributed by atoms with Crippen LogP contribution in [0.15, 0.2) is 30.6 Å². The van der Waals surface area contributed by atoms with Crippen molar-refractivity contribution in [3.63, 3.8) is 0 Å². The van der Waals surface area contributed by atoms with Crippen LogP contribution >= 0.6 is 11.6 Å². The van der Waals surface area contributed by atoms with Gasteiger partial charge in [0.05, 0.1) is 6.20 Å². The van der Waals surface area contributed by atoms with E-state index in [2.05, 4.69) is 22.5 Å². The Morgan fingerprint density at radius 1 is 1.44 bits per heavy atom. The molecule has 1 heterocycles. The highest BCUT2D eigenvalue weighted by molar-refractivity contribution is 6.31. The summed E-state index contributed by atoms with van der Waals surface area (Å²) in [5.41, 5.74) is 3.53. The maximum Gasteiger partial charge on any atom is 0.0522 e. The van der Waals surface area contributed by atoms with Crippen LogP contribution in [-0.2, 0) is 13.5 Å². The number of hydrogen-bond donors (Lipinski definition) is 1. The lowest BCUT2D eigenvalue weighted by atomic mass is 10.00. The van der Waals surface area contributed by atoms with E-state index in [4.69, 9.17) is 11.6 Å². The molecule has 0 aliphatic heterocycles. The van der Waals surface area contributed by atoms with Gasteiger partial charge >= 0.3 is 0 Å². The zero-order valence-corrected chi connectivity index (χ0v) is 11.7. The molecule has 1 aromatic carbocycles. The number of nitrogens with one attached hydrogen (secondary N) is 1. The maximum absolute atomic E-state index is 6.18. The third-order valence-corrected chi connectivity index (χ3v) is 3.55. The van der Waals surface area contributed by atoms with Crippen LogP contribution in [0.5, 0.6) is 0 Å². The fourth-order valence-corrected chi connectivity index (χ4v) is 2.21. The summed E-state index contributed by atoms with van der Waals surface area (Å²) in [5.74, 6) is 0. The van der Waals surface area contributed by atoms with Crippen molar-refractivity contribution < 1.29 is 0 Å². The molecule has 4 heteroatoms. The molecule has 0 spiro atoms. The van der Waals surface area contributed by atoms with Crippen LogP contribution in [0, 0.1) is 6.92 Å². The van der Waals surface area contributed by atoms with Crippen LogP contribution in [0.1, 0.15) is 22.7 Å². The number of benzene rings is 1. The second-order valence-electron chi connectivity index (χ2n) is 4.58. The van der Waals surface area contributed by atoms with Gasteiger partial charge in [0, 0.05) is 24.3 Å². The van der Waals surface area contributed by atoms with Crippen molar-refractivity contribution in [2.24, 2.45) is 7.05 Å². The molecule has 0 radical (unpaired) electrons. The highest BCUT2D eigenvalue weighted by Gasteiger charge is 2.12. The fraction of sp³-hybridized carbons (Fsp3) is 0.357. The van der Waals surface area contributed by atoms with Crippen molar-refractivity contribution in [2.45, 2.75) is 19.4 Å². The largest absolute Gasteiger partial charge is 0.313 e. The van der Waals surface area contributed by atoms with Gasteiger partial charge in [-0.1, -0.05) is 23.7 Å². The van der Waals surface area contributed by atoms with Crippen molar-refractivity contribution in [1.82, 2.24) is 15.1 Å². The molecule has 1 atom stereocenters. The number of likely N-dealkylation sites (N-methyl/N-ethyl adjacent to an activating group) is 1. The van der Waals surface area contributed by atoms with E-state index < -0.39 is 0 Å². The summed E-state index contributed by atoms with van der Waals surface area (Å²) in [6.45, 7) is 2.02. The lowest BCUT2D eigenvalue weighted by Gasteiger charge is -2.16. The standard InChI is InChI=1S/C14H18ClN3/c1-10-4-5-12(7-13(10)15)14(16-2)6-11-8-17-18(3)9-11/h4-5,7-9,14,16H,6H2,1-3H3. The first-order valence-electron chi connectivity index (χ1n) is 6.01. The second-order valence-corrected chi connectivity index (χ2v) is 4.98. The van der Waals surface area contributed by atoms with Gasteiger partial charge in [-0.3, -0.25) is 4.68 Å². The summed E-state index contributed by atoms with van der Waals surface area (Å²) in [7, 11) is 3.90. The number of aromatic nitrogens is 2. The molecule has 2 aromatic rings. The topological polar surface area (TPSA) is 29.9 Å². The molecule has 0 saturated heterocycles. The summed E-state index contributed by atoms with van der Waals surface area (Å²) < 4.78 is 1.82. The Kier molecular flexibility index (Phi) is 4.04. The molecule has 0 bridgehead atoms. The fourth-order valence-electron chi connectivity index (χ4n) is 2.03. The number of nitrogens with zero attached hydrogens (tertiary/aromatic N) is 2. The van der Waals surface area contributed by atoms with E-state index in [0.29, 0.717) is 0 Å². The Morgan fingerprint density at radius 2 is 2.22 bits per heavy atom. The van der Waals surface area contributed by atoms with Crippen molar-refractivity contribution >= 4 is 11.6 Å². The molecule has 1 unspecified atom stereocenters. The van der Waals surface area contributed by atoms with Gasteiger partial charge in [-0.15, -0.1) is 0 Å². The van der Waals surface area contributed by atoms with Gasteiger partial charge in [-0.25, -0.2) is 0 Å². The van der Waals surface area contributed by atoms with Gasteiger partial charge in [0.1, 0.15) is 0 Å². The second kappa shape index (κ2) is 5.55. The molecular weight excluding hydrogens is 246 g/mol. The Hall–Kier alpha value is -1.32. The Bertz CT molecular complexity index is 534. The molecule has 3 nitrogen and oxygen atoms in total. The van der Waals surface area contributed by atoms with E-state index in [1.54, 1.807) is 0 Å². The number of halogens is 1. The van der Waals surface area contributed by atoms with E-state index in [1.807, 2.05) is 44.2 Å². The van der Waals surface area contributed by atoms with E-state index >= 15 is 0 Å². The van der Waals surface area contributed by atoms with Gasteiger partial charge in [-0.2, -0.15) is 5.10 Å². The van der Waals surface area contributed by atoms with Crippen LogP contribution < -0.4 is 5.32 Å². The summed E-state index contributed by atoms with van der Waals surface area (Å²) >= 11 is 6.18. The molecule has 1 aromatic heterocycles. The van der Waals surface area contributed by atoms with Crippen molar-refractivity contribution in [3.8, 4) is 0 Å². The average Bonchev–Trinajstić information content (AvgIpc) is 2.75. The monoisotopic (exact) mass is 263 g/mol. The zero-order valence-electron chi connectivity index (χ0n) is 10.9. The average molecular weight is 264 g/mol. The molecule has 0 fully saturated rings. The molecule has 1 N–H and O–H groups in total. The Morgan fingerprint density at radius 3 is 2.78 bits per heavy atom. The first-order chi connectivity index (χ1) is 8.60. The normalized spacial score (nSPS) is 12.7. The number of rotatable bonds is 4. The first kappa shape index (κ1) is 13.1. The van der Waals surface area contributed by atoms with Crippen LogP contribution in [0.2, 0.25) is 5.02 Å². The predicted octanol–water partition coefficient (Wildman–Crippen LogP) is 2.89. The van der Waals surface area contributed by atoms with Gasteiger partial charge < -0.3 is 5.32 Å². The molecule has 18 heavy (non-hydrogen) atoms. The maximum atomic E-state index is 6.18. The van der Waals surface area contributed by atoms with Crippen molar-refractivity contribution in [1.29, 1.82) is 0 Å². The van der Waals surface area contributed by atoms with Gasteiger partial charge in [0.25, 0.3) is 0 Å². The molecule has 0 aliphatic rings. The zero-order chi connectivity index (χ0) is 13.1. The van der Waals surface area contributed by atoms with Crippen LogP contribution in [0.4, 0.5) is 0 Å². The van der Waals surface area contributed by atoms with Crippen LogP contribution in [-0.4, -0.2) is 16.8 Å². The number of hydrogen-bond acceptors (Lipinski definition) is 2. The molecular formula is C14H18ClN3. The minimum atomic E-state index is 0.257. The van der Waals surface area contributed by atoms with Crippen molar-refractivity contribution in [3.05, 3.63) is 52.3 Å². The van der Waals surface area contributed by atoms with Gasteiger partial charge in [0.15, 0.2) is 0 Å². The summed E-state index contributed by atoms with van der Waals surface area (Å²) in [5, 5.41) is 8.34. The highest BCUT2D eigenvalue weighted by Crippen LogP contribution is 2.23. The SMILES string of the molecule is CNC(Cc1cnn(C)c1)c1ccc(C)c(Cl)c1. The minimum Gasteiger partial charge on any atom is -0.313 e. The Labute approximate surface area is 113 Å². The lowest BCUT2D eigenvalue weighted by molar-refractivity contribution is 0.591. The van der Waals surface area contributed by atoms with E-state index in [1.165, 1.54) is 11.1 Å². The lowest BCUT2D eigenvalue weighted by Crippen LogP contribution is -2.18. The number of aryl methyl sites for hydroxylation is 2. The van der Waals surface area contributed by atoms with Crippen molar-refractivity contribution in [2.75, 3.05) is 7.05 Å². The van der Waals surface area contributed by atoms with Gasteiger partial charge in [0.2, 0.25) is 0 Å². The minimum absolute atomic E-state index is 0.257. The molecule has 2 rings (SSSR count). The Balaban J connectivity index is 2.19. The molecule has 0 saturated carbocycles. The van der Waals surface area contributed by atoms with Crippen LogP contribution in [0.25, 0.3) is 0 Å². The molecule has 0 amide bonds. The predicted molar refractivity (Wildman–Crippen MR) is 74.9 cm³/mol. The summed E-state index contributed by atoms with van der Waals surface area (Å²) in [6.07, 6.45) is 4.85. The first-order valence-corrected chi connectivity index (χ1v) is 6.39. The molecule has 0 aliphatic carbocycles. The smallest absolute Gasteiger partial charge is 0.0522 e. The van der Waals surface area contributed by atoms with E-state index in [0.717, 1.165) is 17.0 Å². The summed E-state index contributed by atoms with van der Waals surface area (Å²) in [6, 6.07) is 6.48. The third kappa shape index (κ3) is 2.92. The quantitative estimate of drug-likeness (QED) is 0.919. The highest BCUT2D eigenvalue weighted by atomic mass is 35.5. The van der Waals surface area contributed by atoms with E-state index in [-0.39, 0.29) is 6.04 Å².